The molecule has 0 saturated carbocycles. The molecule has 13 heavy (non-hydrogen) atoms. The molecule has 0 amide bonds. The largest absolute Gasteiger partial charge is 0.388 e. The first-order valence-electron chi connectivity index (χ1n) is 4.60. The highest BCUT2D eigenvalue weighted by Gasteiger charge is 2.00. The SMILES string of the molecule is COCC(C)OCCCCC(=N)N. The van der Waals surface area contributed by atoms with Gasteiger partial charge >= 0.3 is 0 Å². The fourth-order valence-electron chi connectivity index (χ4n) is 0.985. The van der Waals surface area contributed by atoms with Crippen molar-refractivity contribution in [3.8, 4) is 0 Å². The van der Waals surface area contributed by atoms with Crippen LogP contribution in [-0.4, -0.2) is 32.3 Å². The highest BCUT2D eigenvalue weighted by molar-refractivity contribution is 5.76. The number of hydrogen-bond acceptors (Lipinski definition) is 3. The number of rotatable bonds is 8. The smallest absolute Gasteiger partial charge is 0.0905 e. The van der Waals surface area contributed by atoms with Crippen molar-refractivity contribution in [2.24, 2.45) is 5.73 Å². The molecule has 0 aliphatic rings. The molecule has 1 unspecified atom stereocenters. The van der Waals surface area contributed by atoms with Crippen LogP contribution in [0.25, 0.3) is 0 Å². The molecule has 4 nitrogen and oxygen atoms in total. The number of hydrogen-bond donors (Lipinski definition) is 2. The Hall–Kier alpha value is -0.610. The third-order valence-corrected chi connectivity index (χ3v) is 1.64. The van der Waals surface area contributed by atoms with Gasteiger partial charge in [-0.25, -0.2) is 0 Å². The summed E-state index contributed by atoms with van der Waals surface area (Å²) < 4.78 is 10.3. The van der Waals surface area contributed by atoms with Gasteiger partial charge in [0.25, 0.3) is 0 Å². The van der Waals surface area contributed by atoms with Gasteiger partial charge in [0.15, 0.2) is 0 Å². The molecule has 3 N–H and O–H groups in total. The van der Waals surface area contributed by atoms with E-state index in [1.54, 1.807) is 7.11 Å². The topological polar surface area (TPSA) is 68.3 Å². The van der Waals surface area contributed by atoms with Gasteiger partial charge in [-0.15, -0.1) is 0 Å². The van der Waals surface area contributed by atoms with E-state index in [1.807, 2.05) is 6.92 Å². The van der Waals surface area contributed by atoms with E-state index in [0.717, 1.165) is 19.4 Å². The summed E-state index contributed by atoms with van der Waals surface area (Å²) in [6.07, 6.45) is 2.70. The zero-order valence-corrected chi connectivity index (χ0v) is 8.51. The number of amidine groups is 1. The predicted octanol–water partition coefficient (Wildman–Crippen LogP) is 1.14. The van der Waals surface area contributed by atoms with Crippen LogP contribution < -0.4 is 5.73 Å². The minimum atomic E-state index is 0.155. The van der Waals surface area contributed by atoms with Crippen LogP contribution in [0.5, 0.6) is 0 Å². The molecule has 0 aromatic carbocycles. The number of nitrogens with two attached hydrogens (primary N) is 1. The number of ether oxygens (including phenoxy) is 2. The van der Waals surface area contributed by atoms with Gasteiger partial charge in [0.1, 0.15) is 0 Å². The van der Waals surface area contributed by atoms with Crippen molar-refractivity contribution in [2.45, 2.75) is 32.3 Å². The molecule has 0 rings (SSSR count). The Bertz CT molecular complexity index is 140. The molecule has 0 aliphatic carbocycles. The van der Waals surface area contributed by atoms with Crippen LogP contribution in [0.4, 0.5) is 0 Å². The third kappa shape index (κ3) is 9.30. The molecule has 0 spiro atoms. The second-order valence-electron chi connectivity index (χ2n) is 3.12. The van der Waals surface area contributed by atoms with Gasteiger partial charge in [-0.1, -0.05) is 0 Å². The monoisotopic (exact) mass is 188 g/mol. The minimum absolute atomic E-state index is 0.155. The molecule has 0 aromatic rings. The zero-order valence-electron chi connectivity index (χ0n) is 8.51. The van der Waals surface area contributed by atoms with E-state index in [4.69, 9.17) is 20.6 Å². The van der Waals surface area contributed by atoms with Crippen molar-refractivity contribution >= 4 is 5.84 Å². The first-order valence-corrected chi connectivity index (χ1v) is 4.60. The molecule has 0 fully saturated rings. The second kappa shape index (κ2) is 8.01. The van der Waals surface area contributed by atoms with E-state index in [1.165, 1.54) is 0 Å². The van der Waals surface area contributed by atoms with Gasteiger partial charge in [0.05, 0.1) is 18.5 Å². The van der Waals surface area contributed by atoms with Crippen molar-refractivity contribution in [1.82, 2.24) is 0 Å². The predicted molar refractivity (Wildman–Crippen MR) is 53.1 cm³/mol. The molecule has 4 heteroatoms. The maximum absolute atomic E-state index is 7.00. The molecule has 1 atom stereocenters. The summed E-state index contributed by atoms with van der Waals surface area (Å²) in [5.74, 6) is 0.255. The average molecular weight is 188 g/mol. The summed E-state index contributed by atoms with van der Waals surface area (Å²) in [7, 11) is 1.66. The lowest BCUT2D eigenvalue weighted by molar-refractivity contribution is 0.00792. The van der Waals surface area contributed by atoms with Crippen LogP contribution in [0.15, 0.2) is 0 Å². The first kappa shape index (κ1) is 12.4. The average Bonchev–Trinajstić information content (AvgIpc) is 2.03. The molecule has 0 radical (unpaired) electrons. The van der Waals surface area contributed by atoms with Crippen molar-refractivity contribution in [2.75, 3.05) is 20.3 Å². The normalized spacial score (nSPS) is 12.8. The van der Waals surface area contributed by atoms with Gasteiger partial charge < -0.3 is 15.2 Å². The van der Waals surface area contributed by atoms with Gasteiger partial charge in [-0.3, -0.25) is 5.41 Å². The minimum Gasteiger partial charge on any atom is -0.388 e. The van der Waals surface area contributed by atoms with Crippen LogP contribution in [0.3, 0.4) is 0 Å². The Kier molecular flexibility index (Phi) is 7.63. The Balaban J connectivity index is 3.11. The fraction of sp³-hybridized carbons (Fsp3) is 0.889. The summed E-state index contributed by atoms with van der Waals surface area (Å²) in [5.41, 5.74) is 5.20. The third-order valence-electron chi connectivity index (χ3n) is 1.64. The molecular weight excluding hydrogens is 168 g/mol. The molecule has 78 valence electrons. The number of methoxy groups -OCH3 is 1. The summed E-state index contributed by atoms with van der Waals surface area (Å²) in [5, 5.41) is 7.00. The first-order chi connectivity index (χ1) is 6.16. The quantitative estimate of drug-likeness (QED) is 0.341. The molecule has 0 saturated heterocycles. The molecule has 0 aliphatic heterocycles. The summed E-state index contributed by atoms with van der Waals surface area (Å²) >= 11 is 0. The lowest BCUT2D eigenvalue weighted by Gasteiger charge is -2.11. The van der Waals surface area contributed by atoms with Crippen molar-refractivity contribution in [3.63, 3.8) is 0 Å². The van der Waals surface area contributed by atoms with Gasteiger partial charge in [0, 0.05) is 20.1 Å². The lowest BCUT2D eigenvalue weighted by Crippen LogP contribution is -2.16. The lowest BCUT2D eigenvalue weighted by atomic mass is 10.2. The summed E-state index contributed by atoms with van der Waals surface area (Å²) in [4.78, 5) is 0. The highest BCUT2D eigenvalue weighted by atomic mass is 16.5. The van der Waals surface area contributed by atoms with Gasteiger partial charge in [-0.2, -0.15) is 0 Å². The maximum atomic E-state index is 7.00. The van der Waals surface area contributed by atoms with Crippen LogP contribution in [-0.2, 0) is 9.47 Å². The Labute approximate surface area is 79.9 Å². The number of unbranched alkanes of at least 4 members (excludes halogenated alkanes) is 1. The van der Waals surface area contributed by atoms with Crippen molar-refractivity contribution in [1.29, 1.82) is 5.41 Å². The fourth-order valence-corrected chi connectivity index (χ4v) is 0.985. The summed E-state index contributed by atoms with van der Waals surface area (Å²) in [6, 6.07) is 0. The van der Waals surface area contributed by atoms with E-state index >= 15 is 0 Å². The Morgan fingerprint density at radius 2 is 2.15 bits per heavy atom. The van der Waals surface area contributed by atoms with Crippen LogP contribution in [0, 0.1) is 5.41 Å². The molecule has 0 bridgehead atoms. The van der Waals surface area contributed by atoms with Crippen molar-refractivity contribution < 1.29 is 9.47 Å². The van der Waals surface area contributed by atoms with Crippen LogP contribution in [0.1, 0.15) is 26.2 Å². The van der Waals surface area contributed by atoms with E-state index in [2.05, 4.69) is 0 Å². The van der Waals surface area contributed by atoms with Gasteiger partial charge in [0.2, 0.25) is 0 Å². The molecule has 0 heterocycles. The standard InChI is InChI=1S/C9H20N2O2/c1-8(7-12-2)13-6-4-3-5-9(10)11/h8H,3-7H2,1-2H3,(H3,10,11). The second-order valence-corrected chi connectivity index (χ2v) is 3.12. The molecule has 0 aromatic heterocycles. The number of nitrogens with one attached hydrogen (secondary N) is 1. The Morgan fingerprint density at radius 3 is 2.69 bits per heavy atom. The Morgan fingerprint density at radius 1 is 1.46 bits per heavy atom. The van der Waals surface area contributed by atoms with E-state index in [9.17, 15) is 0 Å². The van der Waals surface area contributed by atoms with E-state index in [0.29, 0.717) is 13.0 Å². The van der Waals surface area contributed by atoms with Crippen LogP contribution >= 0.6 is 0 Å². The molecular formula is C9H20N2O2. The van der Waals surface area contributed by atoms with Crippen molar-refractivity contribution in [3.05, 3.63) is 0 Å². The van der Waals surface area contributed by atoms with Gasteiger partial charge in [-0.05, 0) is 19.8 Å². The van der Waals surface area contributed by atoms with Crippen LogP contribution in [0.2, 0.25) is 0 Å². The van der Waals surface area contributed by atoms with E-state index < -0.39 is 0 Å². The van der Waals surface area contributed by atoms with E-state index in [-0.39, 0.29) is 11.9 Å². The maximum Gasteiger partial charge on any atom is 0.0905 e. The zero-order chi connectivity index (χ0) is 10.1. The summed E-state index contributed by atoms with van der Waals surface area (Å²) in [6.45, 7) is 3.33. The highest BCUT2D eigenvalue weighted by Crippen LogP contribution is 1.98.